The molecule has 0 saturated carbocycles. The van der Waals surface area contributed by atoms with E-state index in [1.54, 1.807) is 5.38 Å². The van der Waals surface area contributed by atoms with E-state index in [2.05, 4.69) is 56.5 Å². The fraction of sp³-hybridized carbons (Fsp3) is 0.481. The first-order valence-corrected chi connectivity index (χ1v) is 13.7. The summed E-state index contributed by atoms with van der Waals surface area (Å²) in [6.45, 7) is 9.91. The molecule has 0 spiro atoms. The molecule has 11 heteroatoms. The lowest BCUT2D eigenvalue weighted by molar-refractivity contribution is 0.102. The number of carbonyl (C=O) groups is 1. The first-order valence-electron chi connectivity index (χ1n) is 12.8. The lowest BCUT2D eigenvalue weighted by Crippen LogP contribution is -2.29. The number of rotatable bonds is 7. The molecule has 1 aliphatic heterocycles. The number of ether oxygens (including phenoxy) is 3. The maximum Gasteiger partial charge on any atom is 0.279 e. The van der Waals surface area contributed by atoms with E-state index in [-0.39, 0.29) is 28.6 Å². The van der Waals surface area contributed by atoms with Crippen LogP contribution in [-0.2, 0) is 11.8 Å². The maximum absolute atomic E-state index is 13.1. The van der Waals surface area contributed by atoms with E-state index in [0.717, 1.165) is 56.8 Å². The Labute approximate surface area is 226 Å². The van der Waals surface area contributed by atoms with Crippen molar-refractivity contribution in [3.8, 4) is 22.7 Å². The van der Waals surface area contributed by atoms with Gasteiger partial charge in [-0.3, -0.25) is 4.79 Å². The summed E-state index contributed by atoms with van der Waals surface area (Å²) in [6, 6.07) is 4.32. The highest BCUT2D eigenvalue weighted by Gasteiger charge is 2.31. The number of aromatic nitrogens is 3. The topological polar surface area (TPSA) is 111 Å². The highest BCUT2D eigenvalue weighted by molar-refractivity contribution is 7.11. The van der Waals surface area contributed by atoms with Crippen molar-refractivity contribution in [2.45, 2.75) is 45.4 Å². The summed E-state index contributed by atoms with van der Waals surface area (Å²) in [5.74, 6) is 1.27. The second kappa shape index (κ2) is 10.7. The summed E-state index contributed by atoms with van der Waals surface area (Å²) in [6.07, 6.45) is 3.18. The van der Waals surface area contributed by atoms with Crippen LogP contribution in [-0.4, -0.2) is 61.3 Å². The zero-order valence-electron chi connectivity index (χ0n) is 22.5. The van der Waals surface area contributed by atoms with Crippen LogP contribution in [0.4, 0.5) is 11.6 Å². The van der Waals surface area contributed by atoms with Gasteiger partial charge in [0.1, 0.15) is 11.4 Å². The Bertz CT molecular complexity index is 1310. The molecule has 1 saturated heterocycles. The van der Waals surface area contributed by atoms with Gasteiger partial charge in [0.05, 0.1) is 14.2 Å². The smallest absolute Gasteiger partial charge is 0.279 e. The van der Waals surface area contributed by atoms with E-state index in [4.69, 9.17) is 14.2 Å². The normalized spacial score (nSPS) is 16.5. The summed E-state index contributed by atoms with van der Waals surface area (Å²) < 4.78 is 17.1. The molecular weight excluding hydrogens is 504 g/mol. The van der Waals surface area contributed by atoms with Gasteiger partial charge in [0.25, 0.3) is 11.1 Å². The number of amides is 1. The Morgan fingerprint density at radius 1 is 1.11 bits per heavy atom. The van der Waals surface area contributed by atoms with Gasteiger partial charge < -0.3 is 29.7 Å². The summed E-state index contributed by atoms with van der Waals surface area (Å²) in [5, 5.41) is 8.24. The third kappa shape index (κ3) is 5.25. The Morgan fingerprint density at radius 3 is 2.61 bits per heavy atom. The van der Waals surface area contributed by atoms with Crippen LogP contribution in [0.1, 0.15) is 53.9 Å². The van der Waals surface area contributed by atoms with E-state index in [0.29, 0.717) is 11.1 Å². The lowest BCUT2D eigenvalue weighted by atomic mass is 9.86. The number of nitrogens with zero attached hydrogens (tertiary/aromatic N) is 4. The number of hydrogen-bond acceptors (Lipinski definition) is 10. The van der Waals surface area contributed by atoms with Gasteiger partial charge in [-0.1, -0.05) is 31.3 Å². The zero-order chi connectivity index (χ0) is 26.9. The Morgan fingerprint density at radius 2 is 1.87 bits per heavy atom. The third-order valence-corrected chi connectivity index (χ3v) is 7.86. The molecule has 0 atom stereocenters. The Hall–Kier alpha value is -3.44. The van der Waals surface area contributed by atoms with Gasteiger partial charge >= 0.3 is 0 Å². The number of nitrogens with one attached hydrogen (secondary N) is 2. The van der Waals surface area contributed by atoms with Crippen LogP contribution in [0.2, 0.25) is 0 Å². The monoisotopic (exact) mass is 538 g/mol. The highest BCUT2D eigenvalue weighted by Crippen LogP contribution is 2.42. The zero-order valence-corrected chi connectivity index (χ0v) is 23.3. The van der Waals surface area contributed by atoms with Crippen molar-refractivity contribution in [3.05, 3.63) is 39.9 Å². The minimum absolute atomic E-state index is 0.120. The van der Waals surface area contributed by atoms with Crippen molar-refractivity contribution in [2.24, 2.45) is 0 Å². The molecule has 38 heavy (non-hydrogen) atoms. The molecule has 1 aliphatic carbocycles. The Kier molecular flexibility index (Phi) is 7.40. The number of anilines is 2. The standard InChI is InChI=1S/C27H34N6O4S/c1-16-13-17-7-8-27(2,3)18(17)14-20(16)37-26-29-19(15-38-26)22(34)30-21-23(35-4)31-25(32-24(21)36-5)33-11-6-9-28-10-12-33/h13-15,28H,6-12H2,1-5H3,(H,30,34). The number of fused-ring (bicyclic) bond motifs is 1. The van der Waals surface area contributed by atoms with Crippen molar-refractivity contribution in [3.63, 3.8) is 0 Å². The number of hydrogen-bond donors (Lipinski definition) is 2. The van der Waals surface area contributed by atoms with E-state index in [1.165, 1.54) is 36.7 Å². The minimum atomic E-state index is -0.435. The average molecular weight is 539 g/mol. The number of carbonyl (C=O) groups excluding carboxylic acids is 1. The van der Waals surface area contributed by atoms with E-state index >= 15 is 0 Å². The number of thiazole rings is 1. The molecule has 2 N–H and O–H groups in total. The van der Waals surface area contributed by atoms with Gasteiger partial charge in [-0.2, -0.15) is 15.0 Å². The lowest BCUT2D eigenvalue weighted by Gasteiger charge is -2.22. The molecule has 5 rings (SSSR count). The molecular formula is C27H34N6O4S. The van der Waals surface area contributed by atoms with E-state index in [9.17, 15) is 4.79 Å². The molecule has 0 bridgehead atoms. The predicted octanol–water partition coefficient (Wildman–Crippen LogP) is 4.33. The molecule has 202 valence electrons. The molecule has 0 radical (unpaired) electrons. The fourth-order valence-corrected chi connectivity index (χ4v) is 5.62. The second-order valence-corrected chi connectivity index (χ2v) is 11.0. The van der Waals surface area contributed by atoms with Crippen molar-refractivity contribution < 1.29 is 19.0 Å². The minimum Gasteiger partial charge on any atom is -0.479 e. The van der Waals surface area contributed by atoms with Gasteiger partial charge in [0.2, 0.25) is 17.7 Å². The molecule has 10 nitrogen and oxygen atoms in total. The molecule has 3 heterocycles. The van der Waals surface area contributed by atoms with Crippen LogP contribution in [0.3, 0.4) is 0 Å². The number of aryl methyl sites for hydroxylation is 2. The number of benzene rings is 1. The van der Waals surface area contributed by atoms with Gasteiger partial charge in [0, 0.05) is 25.0 Å². The van der Waals surface area contributed by atoms with Crippen molar-refractivity contribution in [1.29, 1.82) is 0 Å². The molecule has 3 aromatic rings. The van der Waals surface area contributed by atoms with Gasteiger partial charge in [0.15, 0.2) is 5.69 Å². The summed E-state index contributed by atoms with van der Waals surface area (Å²) in [5.41, 5.74) is 4.33. The van der Waals surface area contributed by atoms with Crippen molar-refractivity contribution >= 4 is 28.9 Å². The molecule has 1 amide bonds. The van der Waals surface area contributed by atoms with Crippen LogP contribution in [0.5, 0.6) is 22.7 Å². The van der Waals surface area contributed by atoms with Crippen LogP contribution in [0.15, 0.2) is 17.5 Å². The third-order valence-electron chi connectivity index (χ3n) is 7.14. The van der Waals surface area contributed by atoms with Crippen molar-refractivity contribution in [1.82, 2.24) is 20.3 Å². The van der Waals surface area contributed by atoms with E-state index in [1.807, 2.05) is 6.92 Å². The largest absolute Gasteiger partial charge is 0.479 e. The predicted molar refractivity (Wildman–Crippen MR) is 148 cm³/mol. The molecule has 2 aliphatic rings. The maximum atomic E-state index is 13.1. The first-order chi connectivity index (χ1) is 18.3. The Balaban J connectivity index is 1.34. The van der Waals surface area contributed by atoms with Crippen LogP contribution in [0.25, 0.3) is 0 Å². The molecule has 1 fully saturated rings. The average Bonchev–Trinajstić information content (AvgIpc) is 3.36. The summed E-state index contributed by atoms with van der Waals surface area (Å²) in [4.78, 5) is 28.8. The van der Waals surface area contributed by atoms with Gasteiger partial charge in [-0.15, -0.1) is 0 Å². The quantitative estimate of drug-likeness (QED) is 0.454. The van der Waals surface area contributed by atoms with Crippen LogP contribution in [0, 0.1) is 6.92 Å². The SMILES string of the molecule is COc1nc(N2CCCNCC2)nc(OC)c1NC(=O)c1csc(Oc2cc3c(cc2C)CCC3(C)C)n1. The summed E-state index contributed by atoms with van der Waals surface area (Å²) >= 11 is 1.27. The fourth-order valence-electron chi connectivity index (χ4n) is 4.96. The van der Waals surface area contributed by atoms with Crippen LogP contribution < -0.4 is 29.7 Å². The second-order valence-electron chi connectivity index (χ2n) is 10.2. The van der Waals surface area contributed by atoms with E-state index < -0.39 is 5.91 Å². The molecule has 2 aromatic heterocycles. The molecule has 1 aromatic carbocycles. The summed E-state index contributed by atoms with van der Waals surface area (Å²) in [7, 11) is 3.00. The van der Waals surface area contributed by atoms with Gasteiger partial charge in [-0.25, -0.2) is 0 Å². The van der Waals surface area contributed by atoms with Gasteiger partial charge in [-0.05, 0) is 60.9 Å². The number of methoxy groups -OCH3 is 2. The highest BCUT2D eigenvalue weighted by atomic mass is 32.1. The first kappa shape index (κ1) is 26.2. The van der Waals surface area contributed by atoms with Crippen molar-refractivity contribution in [2.75, 3.05) is 50.6 Å². The molecule has 0 unspecified atom stereocenters. The van der Waals surface area contributed by atoms with Crippen LogP contribution >= 0.6 is 11.3 Å².